The van der Waals surface area contributed by atoms with Crippen molar-refractivity contribution in [1.29, 1.82) is 0 Å². The van der Waals surface area contributed by atoms with Gasteiger partial charge in [0.2, 0.25) is 0 Å². The number of para-hydroxylation sites is 1. The van der Waals surface area contributed by atoms with Gasteiger partial charge in [-0.3, -0.25) is 4.90 Å². The number of ether oxygens (including phenoxy) is 1. The Balaban J connectivity index is 0.00000220. The molecule has 1 heterocycles. The van der Waals surface area contributed by atoms with E-state index in [4.69, 9.17) is 4.74 Å². The molecule has 128 valence electrons. The summed E-state index contributed by atoms with van der Waals surface area (Å²) < 4.78 is 5.86. The molecule has 1 aromatic carbocycles. The number of halogens is 2. The van der Waals surface area contributed by atoms with Crippen LogP contribution in [0.25, 0.3) is 0 Å². The molecule has 0 bridgehead atoms. The summed E-state index contributed by atoms with van der Waals surface area (Å²) in [6.07, 6.45) is 0. The minimum Gasteiger partial charge on any atom is -0.494 e. The Morgan fingerprint density at radius 1 is 1.14 bits per heavy atom. The third-order valence-electron chi connectivity index (χ3n) is 3.85. The second kappa shape index (κ2) is 9.61. The first kappa shape index (κ1) is 21.5. The van der Waals surface area contributed by atoms with Crippen molar-refractivity contribution in [3.8, 4) is 5.75 Å². The topological polar surface area (TPSA) is 24.5 Å². The predicted molar refractivity (Wildman–Crippen MR) is 98.7 cm³/mol. The highest BCUT2D eigenvalue weighted by Crippen LogP contribution is 2.41. The molecular weight excluding hydrogens is 319 g/mol. The van der Waals surface area contributed by atoms with Gasteiger partial charge in [-0.1, -0.05) is 39.0 Å². The zero-order chi connectivity index (χ0) is 14.6. The Labute approximate surface area is 147 Å². The SMILES string of the molecule is CCOc1ccccc1[C@H](N1CCNCC1)C(C)(C)C.Cl.Cl. The zero-order valence-corrected chi connectivity index (χ0v) is 15.7. The first-order valence-corrected chi connectivity index (χ1v) is 7.70. The molecule has 0 unspecified atom stereocenters. The van der Waals surface area contributed by atoms with Crippen LogP contribution in [-0.4, -0.2) is 37.7 Å². The van der Waals surface area contributed by atoms with Crippen LogP contribution in [0, 0.1) is 5.41 Å². The quantitative estimate of drug-likeness (QED) is 0.892. The van der Waals surface area contributed by atoms with Gasteiger partial charge < -0.3 is 10.1 Å². The first-order chi connectivity index (χ1) is 9.54. The maximum Gasteiger partial charge on any atom is 0.124 e. The van der Waals surface area contributed by atoms with Crippen LogP contribution in [-0.2, 0) is 0 Å². The third kappa shape index (κ3) is 5.31. The van der Waals surface area contributed by atoms with Gasteiger partial charge >= 0.3 is 0 Å². The normalized spacial score (nSPS) is 17.1. The largest absolute Gasteiger partial charge is 0.494 e. The van der Waals surface area contributed by atoms with Gasteiger partial charge in [-0.05, 0) is 18.4 Å². The molecule has 0 amide bonds. The van der Waals surface area contributed by atoms with Gasteiger partial charge in [0, 0.05) is 37.8 Å². The molecule has 22 heavy (non-hydrogen) atoms. The van der Waals surface area contributed by atoms with Gasteiger partial charge in [0.15, 0.2) is 0 Å². The van der Waals surface area contributed by atoms with E-state index in [0.29, 0.717) is 6.04 Å². The van der Waals surface area contributed by atoms with Crippen molar-refractivity contribution in [1.82, 2.24) is 10.2 Å². The number of rotatable bonds is 4. The smallest absolute Gasteiger partial charge is 0.124 e. The molecular formula is C17H30Cl2N2O. The highest BCUT2D eigenvalue weighted by Gasteiger charge is 2.34. The van der Waals surface area contributed by atoms with Crippen LogP contribution in [0.1, 0.15) is 39.3 Å². The van der Waals surface area contributed by atoms with Gasteiger partial charge in [0.25, 0.3) is 0 Å². The lowest BCUT2D eigenvalue weighted by Crippen LogP contribution is -2.48. The van der Waals surface area contributed by atoms with E-state index in [2.05, 4.69) is 55.3 Å². The second-order valence-electron chi connectivity index (χ2n) is 6.53. The Bertz CT molecular complexity index is 429. The standard InChI is InChI=1S/C17H28N2O.2ClH/c1-5-20-15-9-7-6-8-14(15)16(17(2,3)4)19-12-10-18-11-13-19;;/h6-9,16,18H,5,10-13H2,1-4H3;2*1H/t16-;;/m0../s1. The Morgan fingerprint density at radius 3 is 2.27 bits per heavy atom. The van der Waals surface area contributed by atoms with E-state index >= 15 is 0 Å². The summed E-state index contributed by atoms with van der Waals surface area (Å²) >= 11 is 0. The van der Waals surface area contributed by atoms with Crippen LogP contribution in [0.5, 0.6) is 5.75 Å². The highest BCUT2D eigenvalue weighted by atomic mass is 35.5. The van der Waals surface area contributed by atoms with Crippen molar-refractivity contribution in [2.45, 2.75) is 33.7 Å². The molecule has 0 spiro atoms. The molecule has 1 N–H and O–H groups in total. The van der Waals surface area contributed by atoms with Crippen LogP contribution >= 0.6 is 24.8 Å². The second-order valence-corrected chi connectivity index (χ2v) is 6.53. The third-order valence-corrected chi connectivity index (χ3v) is 3.85. The number of nitrogens with one attached hydrogen (secondary N) is 1. The van der Waals surface area contributed by atoms with E-state index in [-0.39, 0.29) is 30.2 Å². The van der Waals surface area contributed by atoms with E-state index in [0.717, 1.165) is 38.5 Å². The van der Waals surface area contributed by atoms with Crippen molar-refractivity contribution in [3.63, 3.8) is 0 Å². The van der Waals surface area contributed by atoms with E-state index in [9.17, 15) is 0 Å². The molecule has 1 saturated heterocycles. The van der Waals surface area contributed by atoms with Gasteiger partial charge in [-0.2, -0.15) is 0 Å². The average Bonchev–Trinajstić information content (AvgIpc) is 2.41. The fourth-order valence-corrected chi connectivity index (χ4v) is 3.14. The van der Waals surface area contributed by atoms with Crippen LogP contribution in [0.4, 0.5) is 0 Å². The maximum atomic E-state index is 5.86. The number of nitrogens with zero attached hydrogens (tertiary/aromatic N) is 1. The summed E-state index contributed by atoms with van der Waals surface area (Å²) in [6.45, 7) is 14.1. The van der Waals surface area contributed by atoms with Gasteiger partial charge in [0.05, 0.1) is 6.61 Å². The molecule has 0 aromatic heterocycles. The summed E-state index contributed by atoms with van der Waals surface area (Å²) in [6, 6.07) is 8.90. The monoisotopic (exact) mass is 348 g/mol. The summed E-state index contributed by atoms with van der Waals surface area (Å²) in [5, 5.41) is 3.44. The molecule has 1 fully saturated rings. The fraction of sp³-hybridized carbons (Fsp3) is 0.647. The average molecular weight is 349 g/mol. The Morgan fingerprint density at radius 2 is 1.73 bits per heavy atom. The van der Waals surface area contributed by atoms with Crippen LogP contribution < -0.4 is 10.1 Å². The lowest BCUT2D eigenvalue weighted by atomic mass is 9.80. The molecule has 0 radical (unpaired) electrons. The molecule has 0 saturated carbocycles. The van der Waals surface area contributed by atoms with E-state index < -0.39 is 0 Å². The van der Waals surface area contributed by atoms with Gasteiger partial charge in [-0.25, -0.2) is 0 Å². The van der Waals surface area contributed by atoms with Gasteiger partial charge in [-0.15, -0.1) is 24.8 Å². The summed E-state index contributed by atoms with van der Waals surface area (Å²) in [7, 11) is 0. The molecule has 5 heteroatoms. The van der Waals surface area contributed by atoms with Crippen molar-refractivity contribution in [3.05, 3.63) is 29.8 Å². The van der Waals surface area contributed by atoms with E-state index in [1.165, 1.54) is 5.56 Å². The minimum atomic E-state index is 0. The molecule has 3 nitrogen and oxygen atoms in total. The van der Waals surface area contributed by atoms with E-state index in [1.807, 2.05) is 6.92 Å². The Kier molecular flexibility index (Phi) is 9.40. The molecule has 2 rings (SSSR count). The Hall–Kier alpha value is -0.480. The maximum absolute atomic E-state index is 5.86. The summed E-state index contributed by atoms with van der Waals surface area (Å²) in [4.78, 5) is 2.59. The molecule has 1 atom stereocenters. The van der Waals surface area contributed by atoms with Crippen LogP contribution in [0.3, 0.4) is 0 Å². The summed E-state index contributed by atoms with van der Waals surface area (Å²) in [5.41, 5.74) is 1.51. The van der Waals surface area contributed by atoms with E-state index in [1.54, 1.807) is 0 Å². The number of benzene rings is 1. The predicted octanol–water partition coefficient (Wildman–Crippen LogP) is 3.92. The zero-order valence-electron chi connectivity index (χ0n) is 14.1. The highest BCUT2D eigenvalue weighted by molar-refractivity contribution is 5.85. The van der Waals surface area contributed by atoms with Crippen molar-refractivity contribution < 1.29 is 4.74 Å². The minimum absolute atomic E-state index is 0. The molecule has 1 aliphatic rings. The van der Waals surface area contributed by atoms with Crippen molar-refractivity contribution >= 4 is 24.8 Å². The molecule has 0 aliphatic carbocycles. The van der Waals surface area contributed by atoms with Crippen LogP contribution in [0.2, 0.25) is 0 Å². The lowest BCUT2D eigenvalue weighted by Gasteiger charge is -2.43. The van der Waals surface area contributed by atoms with Crippen LogP contribution in [0.15, 0.2) is 24.3 Å². The van der Waals surface area contributed by atoms with Gasteiger partial charge in [0.1, 0.15) is 5.75 Å². The number of piperazine rings is 1. The fourth-order valence-electron chi connectivity index (χ4n) is 3.14. The number of hydrogen-bond donors (Lipinski definition) is 1. The molecule has 1 aromatic rings. The van der Waals surface area contributed by atoms with Crippen molar-refractivity contribution in [2.24, 2.45) is 5.41 Å². The van der Waals surface area contributed by atoms with Crippen molar-refractivity contribution in [2.75, 3.05) is 32.8 Å². The number of hydrogen-bond acceptors (Lipinski definition) is 3. The first-order valence-electron chi connectivity index (χ1n) is 7.70. The molecule has 1 aliphatic heterocycles. The summed E-state index contributed by atoms with van der Waals surface area (Å²) in [5.74, 6) is 1.04. The lowest BCUT2D eigenvalue weighted by molar-refractivity contribution is 0.0836.